The molecule has 2 heterocycles. The van der Waals surface area contributed by atoms with E-state index >= 15 is 0 Å². The summed E-state index contributed by atoms with van der Waals surface area (Å²) in [5.74, 6) is 1.02. The summed E-state index contributed by atoms with van der Waals surface area (Å²) in [7, 11) is -3.74. The van der Waals surface area contributed by atoms with Crippen LogP contribution >= 0.6 is 0 Å². The number of aromatic nitrogens is 3. The minimum Gasteiger partial charge on any atom is -0.367 e. The van der Waals surface area contributed by atoms with Crippen molar-refractivity contribution >= 4 is 27.3 Å². The van der Waals surface area contributed by atoms with E-state index in [1.807, 2.05) is 0 Å². The van der Waals surface area contributed by atoms with E-state index in [0.29, 0.717) is 23.1 Å². The molecule has 9 heteroatoms. The highest BCUT2D eigenvalue weighted by atomic mass is 32.2. The molecule has 4 aromatic rings. The fourth-order valence-electron chi connectivity index (χ4n) is 4.28. The first-order chi connectivity index (χ1) is 17.0. The predicted octanol–water partition coefficient (Wildman–Crippen LogP) is 5.93. The van der Waals surface area contributed by atoms with Crippen molar-refractivity contribution in [1.82, 2.24) is 15.2 Å². The number of rotatable bonds is 7. The largest absolute Gasteiger partial charge is 0.367 e. The van der Waals surface area contributed by atoms with Crippen LogP contribution in [0.5, 0.6) is 0 Å². The first-order valence-electron chi connectivity index (χ1n) is 11.6. The molecule has 5 rings (SSSR count). The van der Waals surface area contributed by atoms with E-state index in [4.69, 9.17) is 0 Å². The smallest absolute Gasteiger partial charge is 0.206 e. The van der Waals surface area contributed by atoms with Crippen molar-refractivity contribution in [3.8, 4) is 11.3 Å². The minimum absolute atomic E-state index is 0.147. The van der Waals surface area contributed by atoms with Crippen molar-refractivity contribution in [3.05, 3.63) is 78.6 Å². The molecule has 7 nitrogen and oxygen atoms in total. The fourth-order valence-corrected chi connectivity index (χ4v) is 5.61. The van der Waals surface area contributed by atoms with Gasteiger partial charge in [-0.3, -0.25) is 5.10 Å². The Morgan fingerprint density at radius 1 is 0.829 bits per heavy atom. The monoisotopic (exact) mass is 491 g/mol. The maximum absolute atomic E-state index is 13.4. The number of benzene rings is 2. The zero-order valence-electron chi connectivity index (χ0n) is 19.0. The number of hydrogen-bond acceptors (Lipinski definition) is 6. The van der Waals surface area contributed by atoms with Gasteiger partial charge in [0.15, 0.2) is 5.82 Å². The molecule has 0 atom stereocenters. The Morgan fingerprint density at radius 3 is 2.29 bits per heavy atom. The molecule has 0 radical (unpaired) electrons. The van der Waals surface area contributed by atoms with Crippen molar-refractivity contribution in [3.63, 3.8) is 0 Å². The molecule has 0 spiro atoms. The summed E-state index contributed by atoms with van der Waals surface area (Å²) in [5, 5.41) is 13.7. The van der Waals surface area contributed by atoms with Crippen LogP contribution in [0.15, 0.2) is 82.6 Å². The molecule has 1 fully saturated rings. The number of nitrogens with zero attached hydrogens (tertiary/aromatic N) is 2. The third-order valence-corrected chi connectivity index (χ3v) is 7.86. The van der Waals surface area contributed by atoms with Crippen molar-refractivity contribution in [1.29, 1.82) is 0 Å². The minimum atomic E-state index is -3.74. The van der Waals surface area contributed by atoms with Crippen molar-refractivity contribution in [2.45, 2.75) is 47.9 Å². The molecule has 2 aromatic carbocycles. The summed E-state index contributed by atoms with van der Waals surface area (Å²) in [4.78, 5) is 5.00. The van der Waals surface area contributed by atoms with Gasteiger partial charge in [-0.25, -0.2) is 17.8 Å². The molecule has 1 saturated carbocycles. The van der Waals surface area contributed by atoms with Gasteiger partial charge >= 0.3 is 0 Å². The molecule has 0 saturated heterocycles. The molecule has 0 unspecified atom stereocenters. The summed E-state index contributed by atoms with van der Waals surface area (Å²) in [6, 6.07) is 19.6. The molecule has 180 valence electrons. The van der Waals surface area contributed by atoms with Crippen molar-refractivity contribution in [2.24, 2.45) is 0 Å². The molecule has 1 aliphatic rings. The van der Waals surface area contributed by atoms with E-state index < -0.39 is 9.84 Å². The van der Waals surface area contributed by atoms with E-state index in [1.54, 1.807) is 54.6 Å². The van der Waals surface area contributed by atoms with Crippen LogP contribution in [0.25, 0.3) is 11.3 Å². The number of anilines is 3. The second-order valence-corrected chi connectivity index (χ2v) is 10.6. The predicted molar refractivity (Wildman–Crippen MR) is 134 cm³/mol. The lowest BCUT2D eigenvalue weighted by Gasteiger charge is -2.23. The highest BCUT2D eigenvalue weighted by Gasteiger charge is 2.21. The van der Waals surface area contributed by atoms with Crippen LogP contribution in [0.1, 0.15) is 32.1 Å². The highest BCUT2D eigenvalue weighted by Crippen LogP contribution is 2.29. The van der Waals surface area contributed by atoms with Gasteiger partial charge in [0.1, 0.15) is 17.5 Å². The number of nitrogens with one attached hydrogen (secondary N) is 3. The maximum Gasteiger partial charge on any atom is 0.206 e. The lowest BCUT2D eigenvalue weighted by Crippen LogP contribution is -2.23. The molecule has 35 heavy (non-hydrogen) atoms. The van der Waals surface area contributed by atoms with Crippen LogP contribution in [-0.2, 0) is 9.84 Å². The third-order valence-electron chi connectivity index (χ3n) is 6.11. The molecular formula is C26H26FN5O2S. The van der Waals surface area contributed by atoms with Gasteiger partial charge in [-0.1, -0.05) is 37.5 Å². The van der Waals surface area contributed by atoms with E-state index in [1.165, 1.54) is 24.6 Å². The van der Waals surface area contributed by atoms with Crippen molar-refractivity contribution in [2.75, 3.05) is 10.6 Å². The van der Waals surface area contributed by atoms with Crippen LogP contribution in [0.3, 0.4) is 0 Å². The number of H-pyrrole nitrogens is 1. The van der Waals surface area contributed by atoms with Gasteiger partial charge in [0.05, 0.1) is 15.5 Å². The van der Waals surface area contributed by atoms with Gasteiger partial charge in [0, 0.05) is 18.2 Å². The Hall–Kier alpha value is -3.72. The number of sulfone groups is 1. The molecule has 0 aliphatic heterocycles. The van der Waals surface area contributed by atoms with E-state index in [2.05, 4.69) is 25.8 Å². The van der Waals surface area contributed by atoms with Crippen molar-refractivity contribution < 1.29 is 12.8 Å². The summed E-state index contributed by atoms with van der Waals surface area (Å²) < 4.78 is 40.0. The first kappa shape index (κ1) is 23.0. The number of pyridine rings is 1. The van der Waals surface area contributed by atoms with E-state index in [-0.39, 0.29) is 21.7 Å². The topological polar surface area (TPSA) is 99.8 Å². The van der Waals surface area contributed by atoms with E-state index in [9.17, 15) is 12.8 Å². The van der Waals surface area contributed by atoms with Gasteiger partial charge in [-0.2, -0.15) is 5.10 Å². The first-order valence-corrected chi connectivity index (χ1v) is 13.1. The Labute approximate surface area is 203 Å². The van der Waals surface area contributed by atoms with Gasteiger partial charge in [0.25, 0.3) is 0 Å². The van der Waals surface area contributed by atoms with Crippen LogP contribution < -0.4 is 10.6 Å². The Balaban J connectivity index is 1.47. The Bertz CT molecular complexity index is 1400. The SMILES string of the molecule is O=S(=O)(c1ccccc1)c1cc(Nc2cc(-c3ccc(F)cc3)[nH]n2)nc(NC2CCCCC2)c1. The lowest BCUT2D eigenvalue weighted by atomic mass is 9.95. The van der Waals surface area contributed by atoms with Crippen LogP contribution in [0.2, 0.25) is 0 Å². The zero-order chi connectivity index (χ0) is 24.3. The zero-order valence-corrected chi connectivity index (χ0v) is 19.9. The number of halogens is 1. The summed E-state index contributed by atoms with van der Waals surface area (Å²) >= 11 is 0. The van der Waals surface area contributed by atoms with Gasteiger partial charge in [0.2, 0.25) is 9.84 Å². The summed E-state index contributed by atoms with van der Waals surface area (Å²) in [6.07, 6.45) is 5.56. The second kappa shape index (κ2) is 9.87. The highest BCUT2D eigenvalue weighted by molar-refractivity contribution is 7.91. The molecular weight excluding hydrogens is 465 g/mol. The Kier molecular flexibility index (Phi) is 6.50. The quantitative estimate of drug-likeness (QED) is 0.296. The van der Waals surface area contributed by atoms with Gasteiger partial charge < -0.3 is 10.6 Å². The van der Waals surface area contributed by atoms with Gasteiger partial charge in [-0.15, -0.1) is 0 Å². The average molecular weight is 492 g/mol. The fraction of sp³-hybridized carbons (Fsp3) is 0.231. The normalized spacial score (nSPS) is 14.5. The lowest BCUT2D eigenvalue weighted by molar-refractivity contribution is 0.462. The summed E-state index contributed by atoms with van der Waals surface area (Å²) in [5.41, 5.74) is 1.47. The van der Waals surface area contributed by atoms with E-state index in [0.717, 1.165) is 31.2 Å². The second-order valence-electron chi connectivity index (χ2n) is 8.67. The van der Waals surface area contributed by atoms with Crippen LogP contribution in [-0.4, -0.2) is 29.6 Å². The molecule has 2 aromatic heterocycles. The van der Waals surface area contributed by atoms with Crippen LogP contribution in [0.4, 0.5) is 21.8 Å². The third kappa shape index (κ3) is 5.35. The maximum atomic E-state index is 13.4. The van der Waals surface area contributed by atoms with Crippen LogP contribution in [0, 0.1) is 5.82 Å². The standard InChI is InChI=1S/C26H26FN5O2S/c27-19-13-11-18(12-14-19)23-17-26(32-31-23)30-25-16-22(35(33,34)21-9-5-2-6-10-21)15-24(29-25)28-20-7-3-1-4-8-20/h2,5-6,9-17,20H,1,3-4,7-8H2,(H3,28,29,30,31,32). The number of aromatic amines is 1. The summed E-state index contributed by atoms with van der Waals surface area (Å²) in [6.45, 7) is 0. The number of hydrogen-bond donors (Lipinski definition) is 3. The Morgan fingerprint density at radius 2 is 1.54 bits per heavy atom. The molecule has 0 bridgehead atoms. The molecule has 3 N–H and O–H groups in total. The molecule has 0 amide bonds. The average Bonchev–Trinajstić information content (AvgIpc) is 3.34. The molecule has 1 aliphatic carbocycles. The van der Waals surface area contributed by atoms with Gasteiger partial charge in [-0.05, 0) is 60.9 Å².